The number of halogens is 2. The number of nitrogens with zero attached hydrogens (tertiary/aromatic N) is 2. The number of piperidine rings is 1. The Morgan fingerprint density at radius 2 is 1.77 bits per heavy atom. The Balaban J connectivity index is 1.45. The minimum absolute atomic E-state index is 0.142. The fraction of sp³-hybridized carbons (Fsp3) is 0.435. The summed E-state index contributed by atoms with van der Waals surface area (Å²) in [6.45, 7) is 1.81. The van der Waals surface area contributed by atoms with Gasteiger partial charge in [0.2, 0.25) is 0 Å². The molecule has 2 N–H and O–H groups in total. The Hall–Kier alpha value is -2.87. The third-order valence-electron chi connectivity index (χ3n) is 5.23. The fourth-order valence-electron chi connectivity index (χ4n) is 3.53. The van der Waals surface area contributed by atoms with Crippen molar-refractivity contribution in [1.82, 2.24) is 15.5 Å². The molecule has 31 heavy (non-hydrogen) atoms. The van der Waals surface area contributed by atoms with Crippen molar-refractivity contribution in [1.29, 1.82) is 0 Å². The molecule has 8 heteroatoms. The van der Waals surface area contributed by atoms with Crippen LogP contribution in [0.2, 0.25) is 0 Å². The monoisotopic (exact) mass is 432 g/mol. The Morgan fingerprint density at radius 3 is 2.39 bits per heavy atom. The Morgan fingerprint density at radius 1 is 1.10 bits per heavy atom. The molecule has 2 aromatic carbocycles. The van der Waals surface area contributed by atoms with Crippen LogP contribution in [0.4, 0.5) is 8.78 Å². The number of rotatable bonds is 8. The molecule has 0 aliphatic carbocycles. The Kier molecular flexibility index (Phi) is 8.46. The zero-order chi connectivity index (χ0) is 22.1. The molecule has 2 aromatic rings. The van der Waals surface area contributed by atoms with Gasteiger partial charge in [-0.05, 0) is 42.7 Å². The van der Waals surface area contributed by atoms with Gasteiger partial charge >= 0.3 is 0 Å². The summed E-state index contributed by atoms with van der Waals surface area (Å²) < 4.78 is 36.2. The maximum absolute atomic E-state index is 12.5. The quantitative estimate of drug-likeness (QED) is 0.490. The van der Waals surface area contributed by atoms with Gasteiger partial charge in [-0.1, -0.05) is 24.3 Å². The Labute approximate surface area is 182 Å². The first-order valence-electron chi connectivity index (χ1n) is 10.4. The van der Waals surface area contributed by atoms with Crippen molar-refractivity contribution in [3.63, 3.8) is 0 Å². The number of methoxy groups -OCH3 is 1. The van der Waals surface area contributed by atoms with Crippen molar-refractivity contribution in [2.24, 2.45) is 4.99 Å². The van der Waals surface area contributed by atoms with Crippen LogP contribution in [0.1, 0.15) is 18.4 Å². The molecule has 0 atom stereocenters. The zero-order valence-corrected chi connectivity index (χ0v) is 18.0. The standard InChI is InChI=1S/C23H30F2N4O2/c1-26-23(28-18-11-13-29(14-12-18)16-22(24)25)27-15-17-7-9-19(10-8-17)31-21-6-4-3-5-20(21)30-2/h3-10,18,22H,11-16H2,1-2H3,(H2,26,27,28). The molecule has 0 spiro atoms. The normalized spacial score (nSPS) is 15.7. The second-order valence-corrected chi connectivity index (χ2v) is 7.43. The van der Waals surface area contributed by atoms with Crippen LogP contribution in [0.5, 0.6) is 17.2 Å². The molecule has 1 aliphatic rings. The summed E-state index contributed by atoms with van der Waals surface area (Å²) >= 11 is 0. The second-order valence-electron chi connectivity index (χ2n) is 7.43. The number of para-hydroxylation sites is 2. The summed E-state index contributed by atoms with van der Waals surface area (Å²) in [4.78, 5) is 6.09. The molecule has 168 valence electrons. The molecule has 1 aliphatic heterocycles. The minimum atomic E-state index is -2.27. The number of likely N-dealkylation sites (tertiary alicyclic amines) is 1. The predicted molar refractivity (Wildman–Crippen MR) is 118 cm³/mol. The topological polar surface area (TPSA) is 58.1 Å². The van der Waals surface area contributed by atoms with E-state index in [0.717, 1.165) is 24.2 Å². The summed E-state index contributed by atoms with van der Waals surface area (Å²) in [6.07, 6.45) is -0.629. The molecular formula is C23H30F2N4O2. The van der Waals surface area contributed by atoms with Gasteiger partial charge in [-0.25, -0.2) is 8.78 Å². The fourth-order valence-corrected chi connectivity index (χ4v) is 3.53. The second kappa shape index (κ2) is 11.5. The number of hydrogen-bond acceptors (Lipinski definition) is 4. The molecule has 0 unspecified atom stereocenters. The van der Waals surface area contributed by atoms with Gasteiger partial charge in [0.05, 0.1) is 13.7 Å². The van der Waals surface area contributed by atoms with Crippen molar-refractivity contribution in [2.45, 2.75) is 31.9 Å². The predicted octanol–water partition coefficient (Wildman–Crippen LogP) is 3.88. The molecule has 1 fully saturated rings. The molecule has 0 amide bonds. The van der Waals surface area contributed by atoms with E-state index in [1.165, 1.54) is 0 Å². The molecule has 0 saturated carbocycles. The van der Waals surface area contributed by atoms with Gasteiger partial charge in [0.25, 0.3) is 6.43 Å². The lowest BCUT2D eigenvalue weighted by molar-refractivity contribution is 0.0744. The van der Waals surface area contributed by atoms with Crippen LogP contribution < -0.4 is 20.1 Å². The first-order chi connectivity index (χ1) is 15.1. The van der Waals surface area contributed by atoms with Crippen LogP contribution in [-0.2, 0) is 6.54 Å². The molecule has 1 saturated heterocycles. The summed E-state index contributed by atoms with van der Waals surface area (Å²) in [7, 11) is 3.34. The van der Waals surface area contributed by atoms with E-state index in [9.17, 15) is 8.78 Å². The smallest absolute Gasteiger partial charge is 0.251 e. The van der Waals surface area contributed by atoms with Crippen molar-refractivity contribution >= 4 is 5.96 Å². The lowest BCUT2D eigenvalue weighted by atomic mass is 10.1. The summed E-state index contributed by atoms with van der Waals surface area (Å²) in [5.41, 5.74) is 1.09. The van der Waals surface area contributed by atoms with Crippen LogP contribution >= 0.6 is 0 Å². The van der Waals surface area contributed by atoms with Crippen LogP contribution in [-0.4, -0.2) is 57.1 Å². The molecule has 0 bridgehead atoms. The maximum Gasteiger partial charge on any atom is 0.251 e. The Bertz CT molecular complexity index is 838. The number of benzene rings is 2. The lowest BCUT2D eigenvalue weighted by Gasteiger charge is -2.32. The average Bonchev–Trinajstić information content (AvgIpc) is 2.78. The van der Waals surface area contributed by atoms with Gasteiger partial charge in [-0.2, -0.15) is 0 Å². The van der Waals surface area contributed by atoms with E-state index < -0.39 is 6.43 Å². The molecule has 1 heterocycles. The lowest BCUT2D eigenvalue weighted by Crippen LogP contribution is -2.49. The molecule has 0 radical (unpaired) electrons. The van der Waals surface area contributed by atoms with E-state index in [4.69, 9.17) is 9.47 Å². The van der Waals surface area contributed by atoms with Crippen molar-refractivity contribution in [2.75, 3.05) is 33.8 Å². The number of alkyl halides is 2. The highest BCUT2D eigenvalue weighted by Gasteiger charge is 2.21. The van der Waals surface area contributed by atoms with E-state index >= 15 is 0 Å². The van der Waals surface area contributed by atoms with E-state index in [0.29, 0.717) is 37.1 Å². The molecular weight excluding hydrogens is 402 g/mol. The van der Waals surface area contributed by atoms with Gasteiger partial charge in [0.1, 0.15) is 5.75 Å². The van der Waals surface area contributed by atoms with Crippen LogP contribution in [0.15, 0.2) is 53.5 Å². The van der Waals surface area contributed by atoms with E-state index in [1.54, 1.807) is 14.2 Å². The summed E-state index contributed by atoms with van der Waals surface area (Å²) in [5, 5.41) is 6.70. The summed E-state index contributed by atoms with van der Waals surface area (Å²) in [6, 6.07) is 15.6. The van der Waals surface area contributed by atoms with Gasteiger partial charge in [0, 0.05) is 32.7 Å². The SMILES string of the molecule is CN=C(NCc1ccc(Oc2ccccc2OC)cc1)NC1CCN(CC(F)F)CC1. The average molecular weight is 433 g/mol. The van der Waals surface area contributed by atoms with Crippen molar-refractivity contribution < 1.29 is 18.3 Å². The molecule has 3 rings (SSSR count). The van der Waals surface area contributed by atoms with Crippen LogP contribution in [0.3, 0.4) is 0 Å². The third-order valence-corrected chi connectivity index (χ3v) is 5.23. The third kappa shape index (κ3) is 7.10. The number of aliphatic imine (C=N–C) groups is 1. The van der Waals surface area contributed by atoms with Crippen LogP contribution in [0, 0.1) is 0 Å². The maximum atomic E-state index is 12.5. The van der Waals surface area contributed by atoms with Crippen molar-refractivity contribution in [3.8, 4) is 17.2 Å². The molecule has 6 nitrogen and oxygen atoms in total. The van der Waals surface area contributed by atoms with Gasteiger partial charge < -0.3 is 20.1 Å². The highest BCUT2D eigenvalue weighted by molar-refractivity contribution is 5.79. The highest BCUT2D eigenvalue weighted by Crippen LogP contribution is 2.30. The largest absolute Gasteiger partial charge is 0.493 e. The van der Waals surface area contributed by atoms with Gasteiger partial charge in [-0.3, -0.25) is 9.89 Å². The first kappa shape index (κ1) is 22.8. The van der Waals surface area contributed by atoms with E-state index in [-0.39, 0.29) is 12.6 Å². The zero-order valence-electron chi connectivity index (χ0n) is 18.0. The number of nitrogens with one attached hydrogen (secondary N) is 2. The first-order valence-corrected chi connectivity index (χ1v) is 10.4. The molecule has 0 aromatic heterocycles. The highest BCUT2D eigenvalue weighted by atomic mass is 19.3. The van der Waals surface area contributed by atoms with Crippen LogP contribution in [0.25, 0.3) is 0 Å². The van der Waals surface area contributed by atoms with Gasteiger partial charge in [-0.15, -0.1) is 0 Å². The number of guanidine groups is 1. The minimum Gasteiger partial charge on any atom is -0.493 e. The number of ether oxygens (including phenoxy) is 2. The van der Waals surface area contributed by atoms with E-state index in [1.807, 2.05) is 53.4 Å². The van der Waals surface area contributed by atoms with Crippen molar-refractivity contribution in [3.05, 3.63) is 54.1 Å². The van der Waals surface area contributed by atoms with E-state index in [2.05, 4.69) is 15.6 Å². The summed E-state index contributed by atoms with van der Waals surface area (Å²) in [5.74, 6) is 2.79. The van der Waals surface area contributed by atoms with Gasteiger partial charge in [0.15, 0.2) is 17.5 Å². The number of hydrogen-bond donors (Lipinski definition) is 2.